The van der Waals surface area contributed by atoms with Gasteiger partial charge in [-0.15, -0.1) is 0 Å². The molecule has 1 aromatic carbocycles. The minimum Gasteiger partial charge on any atom is -0.481 e. The third-order valence-electron chi connectivity index (χ3n) is 2.65. The number of nitrogens with one attached hydrogen (secondary N) is 1. The molecule has 0 aliphatic rings. The maximum Gasteiger partial charge on any atom is 0.309 e. The first-order chi connectivity index (χ1) is 8.56. The Balaban J connectivity index is 2.32. The summed E-state index contributed by atoms with van der Waals surface area (Å²) < 4.78 is 15.4. The number of H-pyrrole nitrogens is 1. The van der Waals surface area contributed by atoms with Crippen molar-refractivity contribution in [2.75, 3.05) is 0 Å². The van der Waals surface area contributed by atoms with E-state index < -0.39 is 5.97 Å². The number of carboxylic acids is 1. The lowest BCUT2D eigenvalue weighted by atomic mass is 10.3. The molecule has 0 saturated heterocycles. The summed E-state index contributed by atoms with van der Waals surface area (Å²) in [4.78, 5) is 17.9. The van der Waals surface area contributed by atoms with Gasteiger partial charge in [-0.2, -0.15) is 0 Å². The molecule has 0 fully saturated rings. The third-order valence-corrected chi connectivity index (χ3v) is 3.49. The van der Waals surface area contributed by atoms with Crippen molar-refractivity contribution in [1.29, 1.82) is 0 Å². The van der Waals surface area contributed by atoms with Crippen molar-refractivity contribution in [2.45, 2.75) is 6.42 Å². The Bertz CT molecular complexity index is 777. The normalized spacial score (nSPS) is 11.4. The molecular formula is C11H7BrFN3O2. The van der Waals surface area contributed by atoms with Crippen LogP contribution < -0.4 is 0 Å². The van der Waals surface area contributed by atoms with E-state index in [4.69, 9.17) is 5.11 Å². The highest BCUT2D eigenvalue weighted by Gasteiger charge is 2.16. The van der Waals surface area contributed by atoms with E-state index in [2.05, 4.69) is 25.9 Å². The van der Waals surface area contributed by atoms with Crippen molar-refractivity contribution in [3.63, 3.8) is 0 Å². The van der Waals surface area contributed by atoms with Crippen LogP contribution in [0.25, 0.3) is 16.8 Å². The van der Waals surface area contributed by atoms with Gasteiger partial charge in [-0.25, -0.2) is 9.37 Å². The van der Waals surface area contributed by atoms with Crippen LogP contribution in [-0.2, 0) is 11.2 Å². The van der Waals surface area contributed by atoms with E-state index in [-0.39, 0.29) is 12.2 Å². The van der Waals surface area contributed by atoms with Gasteiger partial charge < -0.3 is 10.1 Å². The van der Waals surface area contributed by atoms with Gasteiger partial charge in [-0.05, 0) is 28.1 Å². The predicted molar refractivity (Wildman–Crippen MR) is 66.0 cm³/mol. The molecule has 92 valence electrons. The fourth-order valence-electron chi connectivity index (χ4n) is 1.92. The number of aliphatic carboxylic acids is 1. The van der Waals surface area contributed by atoms with Gasteiger partial charge in [0.1, 0.15) is 10.4 Å². The van der Waals surface area contributed by atoms with Crippen LogP contribution in [0.5, 0.6) is 0 Å². The molecule has 2 heterocycles. The highest BCUT2D eigenvalue weighted by atomic mass is 79.9. The molecule has 2 aromatic heterocycles. The first kappa shape index (κ1) is 11.2. The van der Waals surface area contributed by atoms with Gasteiger partial charge >= 0.3 is 5.97 Å². The molecule has 0 amide bonds. The molecule has 18 heavy (non-hydrogen) atoms. The Morgan fingerprint density at radius 2 is 2.33 bits per heavy atom. The zero-order valence-corrected chi connectivity index (χ0v) is 10.5. The van der Waals surface area contributed by atoms with Crippen LogP contribution >= 0.6 is 15.9 Å². The monoisotopic (exact) mass is 311 g/mol. The van der Waals surface area contributed by atoms with Crippen molar-refractivity contribution in [3.05, 3.63) is 34.3 Å². The molecule has 3 aromatic rings. The zero-order chi connectivity index (χ0) is 12.9. The van der Waals surface area contributed by atoms with Crippen LogP contribution in [0.1, 0.15) is 5.69 Å². The smallest absolute Gasteiger partial charge is 0.309 e. The summed E-state index contributed by atoms with van der Waals surface area (Å²) in [5, 5.41) is 8.78. The fourth-order valence-corrected chi connectivity index (χ4v) is 2.52. The molecule has 0 atom stereocenters. The minimum absolute atomic E-state index is 0.152. The predicted octanol–water partition coefficient (Wildman–Crippen LogP) is 2.34. The number of rotatable bonds is 2. The minimum atomic E-state index is -0.948. The third kappa shape index (κ3) is 1.59. The molecule has 0 unspecified atom stereocenters. The number of fused-ring (bicyclic) bond motifs is 3. The van der Waals surface area contributed by atoms with Gasteiger partial charge in [-0.1, -0.05) is 0 Å². The zero-order valence-electron chi connectivity index (χ0n) is 8.94. The molecule has 0 bridgehead atoms. The average Bonchev–Trinajstić information content (AvgIpc) is 2.77. The summed E-state index contributed by atoms with van der Waals surface area (Å²) in [6.07, 6.45) is -0.152. The Morgan fingerprint density at radius 3 is 3.06 bits per heavy atom. The summed E-state index contributed by atoms with van der Waals surface area (Å²) in [7, 11) is 0. The first-order valence-electron chi connectivity index (χ1n) is 5.12. The molecular weight excluding hydrogens is 305 g/mol. The van der Waals surface area contributed by atoms with Crippen LogP contribution in [0.3, 0.4) is 0 Å². The number of hydrogen-bond acceptors (Lipinski definition) is 2. The van der Waals surface area contributed by atoms with E-state index in [0.717, 1.165) is 0 Å². The molecule has 5 nitrogen and oxygen atoms in total. The molecule has 0 radical (unpaired) electrons. The van der Waals surface area contributed by atoms with E-state index in [9.17, 15) is 9.18 Å². The van der Waals surface area contributed by atoms with Crippen LogP contribution in [0, 0.1) is 5.82 Å². The second-order valence-electron chi connectivity index (χ2n) is 3.87. The quantitative estimate of drug-likeness (QED) is 0.763. The molecule has 0 aliphatic heterocycles. The van der Waals surface area contributed by atoms with E-state index in [1.165, 1.54) is 12.1 Å². The maximum atomic E-state index is 13.2. The number of carbonyl (C=O) groups is 1. The summed E-state index contributed by atoms with van der Waals surface area (Å²) in [6, 6.07) is 4.27. The molecule has 0 spiro atoms. The number of aromatic amines is 1. The standard InChI is InChI=1S/C11H7BrFN3O2/c12-10-7(4-9(17)18)15-11-14-6-2-1-5(13)3-8(6)16(10)11/h1-3H,4H2,(H,14,15)(H,17,18). The fraction of sp³-hybridized carbons (Fsp3) is 0.0909. The summed E-state index contributed by atoms with van der Waals surface area (Å²) >= 11 is 3.31. The van der Waals surface area contributed by atoms with Crippen LogP contribution in [0.2, 0.25) is 0 Å². The summed E-state index contributed by atoms with van der Waals surface area (Å²) in [5.74, 6) is -0.827. The molecule has 0 aliphatic carbocycles. The SMILES string of the molecule is O=C(O)Cc1[nH]c2nc3ccc(F)cc3n2c1Br. The second-order valence-corrected chi connectivity index (χ2v) is 4.62. The molecule has 0 saturated carbocycles. The molecule has 2 N–H and O–H groups in total. The van der Waals surface area contributed by atoms with Crippen LogP contribution in [0.15, 0.2) is 22.8 Å². The first-order valence-corrected chi connectivity index (χ1v) is 5.91. The van der Waals surface area contributed by atoms with Gasteiger partial charge in [0.05, 0.1) is 23.1 Å². The Hall–Kier alpha value is -1.89. The lowest BCUT2D eigenvalue weighted by Crippen LogP contribution is -2.01. The number of aromatic nitrogens is 3. The van der Waals surface area contributed by atoms with Crippen molar-refractivity contribution in [3.8, 4) is 0 Å². The number of imidazole rings is 2. The largest absolute Gasteiger partial charge is 0.481 e. The number of carboxylic acid groups (broad SMARTS) is 1. The molecule has 3 rings (SSSR count). The Labute approximate surface area is 108 Å². The summed E-state index contributed by atoms with van der Waals surface area (Å²) in [5.41, 5.74) is 1.73. The van der Waals surface area contributed by atoms with Crippen LogP contribution in [0.4, 0.5) is 4.39 Å². The number of benzene rings is 1. The van der Waals surface area contributed by atoms with Crippen molar-refractivity contribution in [2.24, 2.45) is 0 Å². The highest BCUT2D eigenvalue weighted by Crippen LogP contribution is 2.25. The summed E-state index contributed by atoms with van der Waals surface area (Å²) in [6.45, 7) is 0. The number of hydrogen-bond donors (Lipinski definition) is 2. The Morgan fingerprint density at radius 1 is 1.56 bits per heavy atom. The van der Waals surface area contributed by atoms with E-state index in [1.54, 1.807) is 10.5 Å². The van der Waals surface area contributed by atoms with Gasteiger partial charge in [0.15, 0.2) is 0 Å². The number of halogens is 2. The topological polar surface area (TPSA) is 70.4 Å². The van der Waals surface area contributed by atoms with Gasteiger partial charge in [0.25, 0.3) is 0 Å². The Kier molecular flexibility index (Phi) is 2.37. The highest BCUT2D eigenvalue weighted by molar-refractivity contribution is 9.10. The van der Waals surface area contributed by atoms with Crippen LogP contribution in [-0.4, -0.2) is 25.4 Å². The molecule has 7 heteroatoms. The van der Waals surface area contributed by atoms with Gasteiger partial charge in [0, 0.05) is 6.07 Å². The van der Waals surface area contributed by atoms with Crippen molar-refractivity contribution < 1.29 is 14.3 Å². The second kappa shape index (κ2) is 3.81. The van der Waals surface area contributed by atoms with E-state index >= 15 is 0 Å². The average molecular weight is 312 g/mol. The van der Waals surface area contributed by atoms with Gasteiger partial charge in [0.2, 0.25) is 5.78 Å². The van der Waals surface area contributed by atoms with Crippen molar-refractivity contribution in [1.82, 2.24) is 14.4 Å². The number of nitrogens with zero attached hydrogens (tertiary/aromatic N) is 2. The maximum absolute atomic E-state index is 13.2. The van der Waals surface area contributed by atoms with Gasteiger partial charge in [-0.3, -0.25) is 9.20 Å². The van der Waals surface area contributed by atoms with E-state index in [0.29, 0.717) is 27.1 Å². The van der Waals surface area contributed by atoms with E-state index in [1.807, 2.05) is 0 Å². The lowest BCUT2D eigenvalue weighted by Gasteiger charge is -1.95. The van der Waals surface area contributed by atoms with Crippen molar-refractivity contribution >= 4 is 38.7 Å². The lowest BCUT2D eigenvalue weighted by molar-refractivity contribution is -0.136.